The number of aliphatic hydroxyl groups is 5. The lowest BCUT2D eigenvalue weighted by molar-refractivity contribution is -0.322. The third-order valence-electron chi connectivity index (χ3n) is 10.8. The molecule has 5 rings (SSSR count). The molecule has 0 aromatic heterocycles. The molecule has 5 fully saturated rings. The summed E-state index contributed by atoms with van der Waals surface area (Å²) in [6, 6.07) is 0. The molecular weight excluding hydrogens is 488 g/mol. The maximum Gasteiger partial charge on any atom is 0.321 e. The van der Waals surface area contributed by atoms with E-state index in [1.807, 2.05) is 6.92 Å². The van der Waals surface area contributed by atoms with Crippen LogP contribution < -0.4 is 0 Å². The van der Waals surface area contributed by atoms with Crippen LogP contribution in [0.4, 0.5) is 0 Å². The van der Waals surface area contributed by atoms with Crippen LogP contribution in [0.2, 0.25) is 0 Å². The average Bonchev–Trinajstić information content (AvgIpc) is 3.02. The van der Waals surface area contributed by atoms with Gasteiger partial charge in [-0.3, -0.25) is 9.59 Å². The van der Waals surface area contributed by atoms with Crippen LogP contribution in [0.3, 0.4) is 0 Å². The number of hydrogen-bond acceptors (Lipinski definition) is 9. The van der Waals surface area contributed by atoms with Crippen LogP contribution in [-0.2, 0) is 19.1 Å². The van der Waals surface area contributed by atoms with Crippen molar-refractivity contribution in [1.82, 2.24) is 0 Å². The van der Waals surface area contributed by atoms with Crippen LogP contribution in [0.5, 0.6) is 0 Å². The lowest BCUT2D eigenvalue weighted by atomic mass is 9.40. The number of carboxylic acid groups (broad SMARTS) is 2. The number of rotatable bonds is 5. The highest BCUT2D eigenvalue weighted by Crippen LogP contribution is 2.72. The fourth-order valence-electron chi connectivity index (χ4n) is 9.14. The molecule has 0 aromatic carbocycles. The minimum Gasteiger partial charge on any atom is -0.480 e. The highest BCUT2D eigenvalue weighted by Gasteiger charge is 2.72. The first-order valence-corrected chi connectivity index (χ1v) is 13.1. The molecule has 208 valence electrons. The zero-order chi connectivity index (χ0) is 27.1. The van der Waals surface area contributed by atoms with Crippen LogP contribution in [0, 0.1) is 34.0 Å². The molecule has 4 aliphatic carbocycles. The molecule has 0 amide bonds. The number of fused-ring (bicyclic) bond motifs is 3. The maximum atomic E-state index is 12.8. The molecule has 37 heavy (non-hydrogen) atoms. The van der Waals surface area contributed by atoms with Gasteiger partial charge in [0.15, 0.2) is 11.7 Å². The van der Waals surface area contributed by atoms with Crippen molar-refractivity contribution in [3.05, 3.63) is 12.2 Å². The summed E-state index contributed by atoms with van der Waals surface area (Å²) in [5, 5.41) is 72.4. The van der Waals surface area contributed by atoms with E-state index in [-0.39, 0.29) is 24.7 Å². The van der Waals surface area contributed by atoms with Gasteiger partial charge in [0.2, 0.25) is 0 Å². The molecule has 11 heteroatoms. The average molecular weight is 527 g/mol. The van der Waals surface area contributed by atoms with Crippen LogP contribution in [-0.4, -0.2) is 97.2 Å². The first kappa shape index (κ1) is 27.0. The summed E-state index contributed by atoms with van der Waals surface area (Å²) in [4.78, 5) is 25.5. The van der Waals surface area contributed by atoms with Gasteiger partial charge in [0, 0.05) is 11.8 Å². The van der Waals surface area contributed by atoms with E-state index in [2.05, 4.69) is 6.58 Å². The van der Waals surface area contributed by atoms with E-state index >= 15 is 0 Å². The SMILES string of the molecule is C=C1[C@@H]2CC[C@H]3[C@]4(C)C[C@H](O[C@@H]5O[C@H](CO)[C@@H](O)[C@H](O)[C@H]5O)CC(C(=O)O)(C(=O)O)[C@H]4CC[C@]3(C2)[C@H]1O. The number of hydrogen-bond donors (Lipinski definition) is 7. The van der Waals surface area contributed by atoms with Gasteiger partial charge in [0.05, 0.1) is 18.8 Å². The Morgan fingerprint density at radius 1 is 0.973 bits per heavy atom. The number of ether oxygens (including phenoxy) is 2. The van der Waals surface area contributed by atoms with Crippen molar-refractivity contribution in [2.75, 3.05) is 6.61 Å². The number of carbonyl (C=O) groups is 2. The summed E-state index contributed by atoms with van der Waals surface area (Å²) in [6.07, 6.45) is -6.42. The molecular formula is C26H38O11. The zero-order valence-electron chi connectivity index (χ0n) is 20.9. The van der Waals surface area contributed by atoms with Crippen molar-refractivity contribution in [1.29, 1.82) is 0 Å². The van der Waals surface area contributed by atoms with E-state index in [0.29, 0.717) is 19.3 Å². The minimum absolute atomic E-state index is 0.163. The molecule has 12 atom stereocenters. The van der Waals surface area contributed by atoms with Gasteiger partial charge in [0.1, 0.15) is 24.4 Å². The predicted molar refractivity (Wildman–Crippen MR) is 125 cm³/mol. The molecule has 1 heterocycles. The van der Waals surface area contributed by atoms with Crippen LogP contribution in [0.25, 0.3) is 0 Å². The first-order valence-electron chi connectivity index (χ1n) is 13.1. The van der Waals surface area contributed by atoms with Crippen molar-refractivity contribution in [3.63, 3.8) is 0 Å². The molecule has 0 aromatic rings. The number of aliphatic carboxylic acids is 2. The number of aliphatic hydroxyl groups excluding tert-OH is 5. The molecule has 5 aliphatic rings. The maximum absolute atomic E-state index is 12.8. The molecule has 11 nitrogen and oxygen atoms in total. The van der Waals surface area contributed by atoms with Crippen molar-refractivity contribution < 1.29 is 54.8 Å². The monoisotopic (exact) mass is 526 g/mol. The third kappa shape index (κ3) is 3.58. The second-order valence-electron chi connectivity index (χ2n) is 12.3. The van der Waals surface area contributed by atoms with Crippen molar-refractivity contribution in [2.24, 2.45) is 34.0 Å². The largest absolute Gasteiger partial charge is 0.480 e. The van der Waals surface area contributed by atoms with Crippen molar-refractivity contribution >= 4 is 11.9 Å². The lowest BCUT2D eigenvalue weighted by Gasteiger charge is -2.64. The third-order valence-corrected chi connectivity index (χ3v) is 10.8. The van der Waals surface area contributed by atoms with E-state index in [0.717, 1.165) is 18.4 Å². The smallest absolute Gasteiger partial charge is 0.321 e. The second-order valence-corrected chi connectivity index (χ2v) is 12.3. The quantitative estimate of drug-likeness (QED) is 0.143. The van der Waals surface area contributed by atoms with Crippen molar-refractivity contribution in [3.8, 4) is 0 Å². The Morgan fingerprint density at radius 2 is 1.65 bits per heavy atom. The normalized spacial score (nSPS) is 50.7. The molecule has 0 unspecified atom stereocenters. The molecule has 1 aliphatic heterocycles. The lowest BCUT2D eigenvalue weighted by Crippen LogP contribution is -2.66. The van der Waals surface area contributed by atoms with Gasteiger partial charge < -0.3 is 45.2 Å². The summed E-state index contributed by atoms with van der Waals surface area (Å²) < 4.78 is 11.5. The molecule has 1 saturated heterocycles. The molecule has 0 radical (unpaired) electrons. The Kier molecular flexibility index (Phi) is 6.54. The Bertz CT molecular complexity index is 952. The Labute approximate surface area is 214 Å². The standard InChI is InChI=1S/C26H38O11/c1-11-12-3-4-15-24(2)8-13(36-21-19(30)18(29)17(28)14(10-27)37-21)9-26(22(32)33,23(34)35)16(24)5-6-25(15,7-12)20(11)31/h12-21,27-31H,1,3-10H2,2H3,(H,32,33)(H,34,35)/t12-,13+,14-,15+,16+,17-,18+,19-,20+,21-,24+,25-/m1/s1. The van der Waals surface area contributed by atoms with Gasteiger partial charge in [-0.15, -0.1) is 0 Å². The predicted octanol–water partition coefficient (Wildman–Crippen LogP) is -0.129. The van der Waals surface area contributed by atoms with Gasteiger partial charge in [-0.25, -0.2) is 0 Å². The highest BCUT2D eigenvalue weighted by molar-refractivity contribution is 5.99. The van der Waals surface area contributed by atoms with Crippen molar-refractivity contribution in [2.45, 2.75) is 94.8 Å². The summed E-state index contributed by atoms with van der Waals surface area (Å²) in [6.45, 7) is 5.38. The Morgan fingerprint density at radius 3 is 2.27 bits per heavy atom. The fourth-order valence-corrected chi connectivity index (χ4v) is 9.14. The van der Waals surface area contributed by atoms with Crippen LogP contribution in [0.1, 0.15) is 51.9 Å². The van der Waals surface area contributed by atoms with Gasteiger partial charge >= 0.3 is 11.9 Å². The summed E-state index contributed by atoms with van der Waals surface area (Å²) >= 11 is 0. The Hall–Kier alpha value is -1.60. The molecule has 4 saturated carbocycles. The van der Waals surface area contributed by atoms with Gasteiger partial charge in [0.25, 0.3) is 0 Å². The summed E-state index contributed by atoms with van der Waals surface area (Å²) in [7, 11) is 0. The fraction of sp³-hybridized carbons (Fsp3) is 0.846. The molecule has 2 bridgehead atoms. The van der Waals surface area contributed by atoms with E-state index in [9.17, 15) is 45.3 Å². The van der Waals surface area contributed by atoms with E-state index in [1.54, 1.807) is 0 Å². The van der Waals surface area contributed by atoms with Crippen LogP contribution in [0.15, 0.2) is 12.2 Å². The molecule has 1 spiro atoms. The minimum atomic E-state index is -2.16. The van der Waals surface area contributed by atoms with E-state index in [1.165, 1.54) is 0 Å². The topological polar surface area (TPSA) is 194 Å². The second kappa shape index (κ2) is 8.97. The van der Waals surface area contributed by atoms with Gasteiger partial charge in [-0.05, 0) is 67.3 Å². The van der Waals surface area contributed by atoms with Crippen LogP contribution >= 0.6 is 0 Å². The number of carboxylic acids is 2. The zero-order valence-corrected chi connectivity index (χ0v) is 20.9. The highest BCUT2D eigenvalue weighted by atomic mass is 16.7. The van der Waals surface area contributed by atoms with E-state index in [4.69, 9.17) is 9.47 Å². The van der Waals surface area contributed by atoms with Gasteiger partial charge in [-0.1, -0.05) is 13.5 Å². The summed E-state index contributed by atoms with van der Waals surface area (Å²) in [5.74, 6) is -3.60. The van der Waals surface area contributed by atoms with Gasteiger partial charge in [-0.2, -0.15) is 0 Å². The summed E-state index contributed by atoms with van der Waals surface area (Å²) in [5.41, 5.74) is -2.69. The Balaban J connectivity index is 1.53. The van der Waals surface area contributed by atoms with E-state index < -0.39 is 83.6 Å². The molecule has 7 N–H and O–H groups in total. The first-order chi connectivity index (χ1) is 17.3.